The first kappa shape index (κ1) is 19.2. The molecule has 0 aromatic heterocycles. The molecule has 1 N–H and O–H groups in total. The number of hydrogen-bond donors (Lipinski definition) is 1. The Balaban J connectivity index is 2.85. The van der Waals surface area contributed by atoms with Crippen LogP contribution in [-0.2, 0) is 19.3 Å². The van der Waals surface area contributed by atoms with Gasteiger partial charge in [-0.1, -0.05) is 17.7 Å². The maximum atomic E-state index is 12.6. The number of hydrogen-bond acceptors (Lipinski definition) is 4. The van der Waals surface area contributed by atoms with Gasteiger partial charge in [0.15, 0.2) is 0 Å². The number of ether oxygens (including phenoxy) is 1. The van der Waals surface area contributed by atoms with Gasteiger partial charge in [-0.2, -0.15) is 4.36 Å². The van der Waals surface area contributed by atoms with Gasteiger partial charge in [0, 0.05) is 11.2 Å². The Kier molecular flexibility index (Phi) is 5.93. The molecule has 23 heavy (non-hydrogen) atoms. The van der Waals surface area contributed by atoms with E-state index in [0.717, 1.165) is 5.56 Å². The summed E-state index contributed by atoms with van der Waals surface area (Å²) in [7, 11) is -2.86. The smallest absolute Gasteiger partial charge is 0.408 e. The average molecular weight is 340 g/mol. The molecule has 0 saturated carbocycles. The highest BCUT2D eigenvalue weighted by atomic mass is 32.2. The Hall–Kier alpha value is -1.89. The van der Waals surface area contributed by atoms with Crippen LogP contribution in [-0.4, -0.2) is 34.1 Å². The molecule has 1 aromatic carbocycles. The van der Waals surface area contributed by atoms with Crippen LogP contribution in [0.2, 0.25) is 0 Å². The van der Waals surface area contributed by atoms with E-state index in [4.69, 9.17) is 4.74 Å². The van der Waals surface area contributed by atoms with E-state index in [-0.39, 0.29) is 0 Å². The molecule has 0 bridgehead atoms. The minimum atomic E-state index is -2.86. The van der Waals surface area contributed by atoms with Crippen molar-refractivity contribution in [2.75, 3.05) is 6.26 Å². The third-order valence-electron chi connectivity index (χ3n) is 2.83. The number of rotatable bonds is 3. The first-order valence-electron chi connectivity index (χ1n) is 7.23. The maximum absolute atomic E-state index is 12.6. The maximum Gasteiger partial charge on any atom is 0.408 e. The fourth-order valence-electron chi connectivity index (χ4n) is 1.64. The normalized spacial score (nSPS) is 15.2. The lowest BCUT2D eigenvalue weighted by Crippen LogP contribution is -2.41. The van der Waals surface area contributed by atoms with Crippen molar-refractivity contribution in [1.82, 2.24) is 5.32 Å². The van der Waals surface area contributed by atoms with E-state index in [1.165, 1.54) is 13.2 Å². The summed E-state index contributed by atoms with van der Waals surface area (Å²) in [6.45, 7) is 8.55. The largest absolute Gasteiger partial charge is 0.444 e. The van der Waals surface area contributed by atoms with Crippen LogP contribution in [0.5, 0.6) is 0 Å². The van der Waals surface area contributed by atoms with Crippen molar-refractivity contribution in [3.63, 3.8) is 0 Å². The van der Waals surface area contributed by atoms with E-state index in [1.807, 2.05) is 6.92 Å². The third-order valence-corrected chi connectivity index (χ3v) is 4.50. The molecule has 1 rings (SSSR count). The van der Waals surface area contributed by atoms with E-state index in [2.05, 4.69) is 9.68 Å². The van der Waals surface area contributed by atoms with Crippen LogP contribution >= 0.6 is 0 Å². The van der Waals surface area contributed by atoms with Crippen LogP contribution in [0.3, 0.4) is 0 Å². The van der Waals surface area contributed by atoms with Crippen LogP contribution in [0, 0.1) is 6.92 Å². The summed E-state index contributed by atoms with van der Waals surface area (Å²) in [4.78, 5) is 24.2. The monoisotopic (exact) mass is 340 g/mol. The van der Waals surface area contributed by atoms with Crippen molar-refractivity contribution in [1.29, 1.82) is 0 Å². The number of amides is 2. The van der Waals surface area contributed by atoms with Crippen molar-refractivity contribution in [2.45, 2.75) is 51.2 Å². The molecule has 0 saturated heterocycles. The average Bonchev–Trinajstić information content (AvgIpc) is 2.36. The molecule has 0 heterocycles. The van der Waals surface area contributed by atoms with Gasteiger partial charge in [-0.25, -0.2) is 9.00 Å². The summed E-state index contributed by atoms with van der Waals surface area (Å²) in [5, 5.41) is 2.39. The molecule has 2 atom stereocenters. The molecule has 0 spiro atoms. The lowest BCUT2D eigenvalue weighted by atomic mass is 10.2. The third kappa shape index (κ3) is 6.40. The standard InChI is InChI=1S/C16H24N2O4S/c1-11-7-9-13(10-8-11)23(6,21)18-14(19)12(2)17-15(20)22-16(3,4)5/h7-10,12H,1-6H3,(H,17,20)/t12-,23?/m0/s1. The number of carbonyl (C=O) groups is 2. The SMILES string of the molecule is Cc1ccc(S(C)(=O)=NC(=O)[C@H](C)NC(=O)OC(C)(C)C)cc1. The first-order valence-corrected chi connectivity index (χ1v) is 9.15. The molecule has 1 aromatic rings. The summed E-state index contributed by atoms with van der Waals surface area (Å²) in [5.74, 6) is -0.663. The highest BCUT2D eigenvalue weighted by molar-refractivity contribution is 7.93. The molecule has 0 aliphatic carbocycles. The van der Waals surface area contributed by atoms with Crippen molar-refractivity contribution in [3.8, 4) is 0 Å². The van der Waals surface area contributed by atoms with Crippen molar-refractivity contribution >= 4 is 21.7 Å². The molecule has 128 valence electrons. The zero-order chi connectivity index (χ0) is 17.8. The predicted molar refractivity (Wildman–Crippen MR) is 89.8 cm³/mol. The van der Waals surface area contributed by atoms with Gasteiger partial charge in [0.2, 0.25) is 0 Å². The van der Waals surface area contributed by atoms with E-state index >= 15 is 0 Å². The summed E-state index contributed by atoms with van der Waals surface area (Å²) in [5.41, 5.74) is 0.361. The Morgan fingerprint density at radius 3 is 2.22 bits per heavy atom. The highest BCUT2D eigenvalue weighted by Crippen LogP contribution is 2.13. The first-order chi connectivity index (χ1) is 10.4. The van der Waals surface area contributed by atoms with Gasteiger partial charge >= 0.3 is 6.09 Å². The number of carbonyl (C=O) groups excluding carboxylic acids is 2. The molecule has 0 radical (unpaired) electrons. The van der Waals surface area contributed by atoms with E-state index < -0.39 is 33.4 Å². The molecule has 0 aliphatic heterocycles. The van der Waals surface area contributed by atoms with Crippen LogP contribution in [0.15, 0.2) is 33.5 Å². The van der Waals surface area contributed by atoms with E-state index in [0.29, 0.717) is 4.90 Å². The van der Waals surface area contributed by atoms with Gasteiger partial charge in [0.25, 0.3) is 5.91 Å². The molecule has 1 unspecified atom stereocenters. The number of alkyl carbamates (subject to hydrolysis) is 1. The van der Waals surface area contributed by atoms with Crippen molar-refractivity contribution in [3.05, 3.63) is 29.8 Å². The molecular formula is C16H24N2O4S. The number of aryl methyl sites for hydroxylation is 1. The summed E-state index contributed by atoms with van der Waals surface area (Å²) in [6.07, 6.45) is 0.682. The van der Waals surface area contributed by atoms with Crippen LogP contribution in [0.1, 0.15) is 33.3 Å². The molecule has 0 aliphatic rings. The molecule has 0 fully saturated rings. The van der Waals surface area contributed by atoms with Crippen LogP contribution < -0.4 is 5.32 Å². The Labute approximate surface area is 137 Å². The quantitative estimate of drug-likeness (QED) is 0.917. The summed E-state index contributed by atoms with van der Waals surface area (Å²) in [6, 6.07) is 6.05. The number of nitrogens with zero attached hydrogens (tertiary/aromatic N) is 1. The van der Waals surface area contributed by atoms with Gasteiger partial charge in [-0.3, -0.25) is 4.79 Å². The molecular weight excluding hydrogens is 316 g/mol. The van der Waals surface area contributed by atoms with Gasteiger partial charge < -0.3 is 10.1 Å². The van der Waals surface area contributed by atoms with Crippen LogP contribution in [0.25, 0.3) is 0 Å². The van der Waals surface area contributed by atoms with Crippen LogP contribution in [0.4, 0.5) is 4.79 Å². The number of nitrogens with one attached hydrogen (secondary N) is 1. The molecule has 6 nitrogen and oxygen atoms in total. The molecule has 7 heteroatoms. The predicted octanol–water partition coefficient (Wildman–Crippen LogP) is 2.89. The second kappa shape index (κ2) is 7.12. The zero-order valence-corrected chi connectivity index (χ0v) is 15.2. The topological polar surface area (TPSA) is 84.8 Å². The van der Waals surface area contributed by atoms with Gasteiger partial charge in [-0.05, 0) is 46.8 Å². The Morgan fingerprint density at radius 1 is 1.22 bits per heavy atom. The molecule has 2 amide bonds. The minimum absolute atomic E-state index is 0.473. The minimum Gasteiger partial charge on any atom is -0.444 e. The van der Waals surface area contributed by atoms with Gasteiger partial charge in [0.05, 0.1) is 9.73 Å². The van der Waals surface area contributed by atoms with Gasteiger partial charge in [-0.15, -0.1) is 0 Å². The fourth-order valence-corrected chi connectivity index (χ4v) is 2.89. The number of benzene rings is 1. The fraction of sp³-hybridized carbons (Fsp3) is 0.500. The summed E-state index contributed by atoms with van der Waals surface area (Å²) >= 11 is 0. The van der Waals surface area contributed by atoms with Gasteiger partial charge in [0.1, 0.15) is 11.6 Å². The second-order valence-corrected chi connectivity index (χ2v) is 8.67. The highest BCUT2D eigenvalue weighted by Gasteiger charge is 2.22. The van der Waals surface area contributed by atoms with Crippen molar-refractivity contribution in [2.24, 2.45) is 4.36 Å². The van der Waals surface area contributed by atoms with E-state index in [1.54, 1.807) is 45.0 Å². The lowest BCUT2D eigenvalue weighted by molar-refractivity contribution is -0.119. The van der Waals surface area contributed by atoms with Crippen molar-refractivity contribution < 1.29 is 18.5 Å². The Morgan fingerprint density at radius 2 is 1.74 bits per heavy atom. The van der Waals surface area contributed by atoms with E-state index in [9.17, 15) is 13.8 Å². The lowest BCUT2D eigenvalue weighted by Gasteiger charge is -2.21. The summed E-state index contributed by atoms with van der Waals surface area (Å²) < 4.78 is 21.4. The second-order valence-electron chi connectivity index (χ2n) is 6.41. The Bertz CT molecular complexity index is 696. The zero-order valence-electron chi connectivity index (χ0n) is 14.4.